The summed E-state index contributed by atoms with van der Waals surface area (Å²) in [6, 6.07) is 3.00. The lowest BCUT2D eigenvalue weighted by molar-refractivity contribution is -0.148. The number of sulfonamides is 1. The van der Waals surface area contributed by atoms with E-state index in [9.17, 15) is 32.4 Å². The molecule has 6 atom stereocenters. The summed E-state index contributed by atoms with van der Waals surface area (Å²) >= 11 is 0. The molecule has 1 saturated carbocycles. The smallest absolute Gasteiger partial charge is 0.356 e. The molecule has 1 unspecified atom stereocenters. The summed E-state index contributed by atoms with van der Waals surface area (Å²) in [7, 11) is 1.87. The number of methoxy groups -OCH3 is 3. The van der Waals surface area contributed by atoms with Crippen molar-refractivity contribution in [2.45, 2.75) is 95.5 Å². The molecule has 2 aliphatic heterocycles. The second-order valence-electron chi connectivity index (χ2n) is 16.3. The first kappa shape index (κ1) is 44.1. The number of likely N-dealkylation sites (N-methyl/N-ethyl adjacent to an activating group) is 1. The quantitative estimate of drug-likeness (QED) is 0.233. The first-order valence-electron chi connectivity index (χ1n) is 19.4. The third-order valence-electron chi connectivity index (χ3n) is 11.1. The zero-order valence-electron chi connectivity index (χ0n) is 34.5. The monoisotopic (exact) mass is 828 g/mol. The zero-order valence-corrected chi connectivity index (χ0v) is 35.3. The Morgan fingerprint density at radius 3 is 2.48 bits per heavy atom. The third-order valence-corrected chi connectivity index (χ3v) is 12.4. The summed E-state index contributed by atoms with van der Waals surface area (Å²) in [5.74, 6) is -1.96. The first-order chi connectivity index (χ1) is 27.3. The minimum Gasteiger partial charge on any atom is -0.497 e. The number of amides is 4. The van der Waals surface area contributed by atoms with Crippen LogP contribution < -0.4 is 25.4 Å². The van der Waals surface area contributed by atoms with Crippen molar-refractivity contribution in [3.05, 3.63) is 42.1 Å². The highest BCUT2D eigenvalue weighted by Gasteiger charge is 2.62. The predicted molar refractivity (Wildman–Crippen MR) is 214 cm³/mol. The number of fused-ring (bicyclic) bond motifs is 3. The Balaban J connectivity index is 1.49. The van der Waals surface area contributed by atoms with Crippen molar-refractivity contribution in [3.63, 3.8) is 0 Å². The standard InChI is InChI=1S/C40H56N6O11S/c1-39(2,3)33(23-45(4)58(8,52)53)43-38(51)42-28-15-13-11-9-10-12-14-24-21-40(24,37(50)56-7)44-34(47)31-19-26(22-46(31)35(28)48)57-32-20-30(36(49)55-6)41-29-18-25(54-5)16-17-27(29)32/h12,14,16-18,20,24,26,28,31,33H,9-11,13,15,19,21-23H2,1-8H3,(H,44,47)(H2,42,43,51)/t24?,26-,28+,31+,33-,40-/m1/s1. The van der Waals surface area contributed by atoms with E-state index in [1.54, 1.807) is 18.2 Å². The molecule has 3 heterocycles. The van der Waals surface area contributed by atoms with Crippen LogP contribution in [0.15, 0.2) is 36.4 Å². The average molecular weight is 829 g/mol. The van der Waals surface area contributed by atoms with Crippen LogP contribution in [0.3, 0.4) is 0 Å². The highest BCUT2D eigenvalue weighted by molar-refractivity contribution is 7.88. The van der Waals surface area contributed by atoms with Crippen LogP contribution in [0, 0.1) is 11.3 Å². The van der Waals surface area contributed by atoms with Gasteiger partial charge in [0.15, 0.2) is 5.69 Å². The van der Waals surface area contributed by atoms with Crippen LogP contribution in [0.2, 0.25) is 0 Å². The van der Waals surface area contributed by atoms with Crippen LogP contribution in [-0.2, 0) is 33.9 Å². The molecule has 1 aromatic carbocycles. The van der Waals surface area contributed by atoms with Gasteiger partial charge in [-0.2, -0.15) is 0 Å². The number of carbonyl (C=O) groups is 5. The molecule has 5 rings (SSSR count). The fourth-order valence-electron chi connectivity index (χ4n) is 7.39. The maximum absolute atomic E-state index is 14.7. The van der Waals surface area contributed by atoms with E-state index in [0.29, 0.717) is 29.5 Å². The highest BCUT2D eigenvalue weighted by Crippen LogP contribution is 2.46. The lowest BCUT2D eigenvalue weighted by atomic mass is 9.87. The Labute approximate surface area is 339 Å². The summed E-state index contributed by atoms with van der Waals surface area (Å²) in [4.78, 5) is 74.4. The Morgan fingerprint density at radius 1 is 1.09 bits per heavy atom. The van der Waals surface area contributed by atoms with Crippen LogP contribution in [0.4, 0.5) is 4.79 Å². The van der Waals surface area contributed by atoms with Crippen molar-refractivity contribution >= 4 is 50.7 Å². The maximum Gasteiger partial charge on any atom is 0.356 e. The number of pyridine rings is 1. The number of benzene rings is 1. The van der Waals surface area contributed by atoms with Crippen molar-refractivity contribution in [2.75, 3.05) is 47.7 Å². The second kappa shape index (κ2) is 17.9. The summed E-state index contributed by atoms with van der Waals surface area (Å²) in [6.45, 7) is 5.52. The molecule has 3 N–H and O–H groups in total. The summed E-state index contributed by atoms with van der Waals surface area (Å²) in [5.41, 5.74) is -1.51. The van der Waals surface area contributed by atoms with Crippen LogP contribution in [0.25, 0.3) is 10.9 Å². The van der Waals surface area contributed by atoms with Gasteiger partial charge in [-0.1, -0.05) is 45.8 Å². The molecular formula is C40H56N6O11S. The Kier molecular flexibility index (Phi) is 13.6. The summed E-state index contributed by atoms with van der Waals surface area (Å²) in [6.07, 6.45) is 7.62. The van der Waals surface area contributed by atoms with Crippen molar-refractivity contribution in [1.29, 1.82) is 0 Å². The minimum absolute atomic E-state index is 0.00566. The maximum atomic E-state index is 14.7. The molecule has 2 fully saturated rings. The number of aromatic nitrogens is 1. The van der Waals surface area contributed by atoms with Gasteiger partial charge in [-0.05, 0) is 43.2 Å². The molecule has 318 valence electrons. The number of carbonyl (C=O) groups excluding carboxylic acids is 5. The topological polar surface area (TPSA) is 212 Å². The van der Waals surface area contributed by atoms with E-state index in [0.717, 1.165) is 29.8 Å². The van der Waals surface area contributed by atoms with Gasteiger partial charge in [0, 0.05) is 49.5 Å². The molecule has 3 aliphatic rings. The summed E-state index contributed by atoms with van der Waals surface area (Å²) < 4.78 is 47.6. The van der Waals surface area contributed by atoms with Gasteiger partial charge in [0.25, 0.3) is 0 Å². The number of hydrogen-bond acceptors (Lipinski definition) is 12. The first-order valence-corrected chi connectivity index (χ1v) is 21.3. The van der Waals surface area contributed by atoms with Crippen LogP contribution >= 0.6 is 0 Å². The van der Waals surface area contributed by atoms with E-state index in [4.69, 9.17) is 18.9 Å². The van der Waals surface area contributed by atoms with Gasteiger partial charge < -0.3 is 39.8 Å². The Bertz CT molecular complexity index is 2040. The molecule has 4 amide bonds. The molecule has 1 aromatic heterocycles. The van der Waals surface area contributed by atoms with E-state index < -0.39 is 75.0 Å². The number of esters is 2. The lowest BCUT2D eigenvalue weighted by Gasteiger charge is -2.35. The number of hydrogen-bond donors (Lipinski definition) is 3. The van der Waals surface area contributed by atoms with Crippen molar-refractivity contribution in [2.24, 2.45) is 11.3 Å². The van der Waals surface area contributed by atoms with Gasteiger partial charge in [-0.3, -0.25) is 9.59 Å². The van der Waals surface area contributed by atoms with Crippen LogP contribution in [0.1, 0.15) is 76.2 Å². The number of urea groups is 1. The zero-order chi connectivity index (χ0) is 42.6. The molecule has 0 spiro atoms. The van der Waals surface area contributed by atoms with Gasteiger partial charge in [-0.25, -0.2) is 32.1 Å². The van der Waals surface area contributed by atoms with Crippen LogP contribution in [-0.4, -0.2) is 130 Å². The fraction of sp³-hybridized carbons (Fsp3) is 0.600. The molecule has 0 bridgehead atoms. The number of rotatable bonds is 10. The number of nitrogens with one attached hydrogen (secondary N) is 3. The minimum atomic E-state index is -3.55. The highest BCUT2D eigenvalue weighted by atomic mass is 32.2. The molecule has 17 nitrogen and oxygen atoms in total. The van der Waals surface area contributed by atoms with Crippen molar-refractivity contribution in [3.8, 4) is 11.5 Å². The third kappa shape index (κ3) is 10.2. The SMILES string of the molecule is COC(=O)c1cc(O[C@@H]2C[C@H]3C(=O)N[C@]4(C(=O)OC)CC4C=CCCCCC[C@H](NC(=O)N[C@H](CN(C)S(C)(=O)=O)C(C)(C)C)C(=O)N3C2)c2ccc(OC)cc2n1. The van der Waals surface area contributed by atoms with Gasteiger partial charge >= 0.3 is 18.0 Å². The van der Waals surface area contributed by atoms with Gasteiger partial charge in [0.05, 0.1) is 39.6 Å². The summed E-state index contributed by atoms with van der Waals surface area (Å²) in [5, 5.41) is 9.18. The number of allylic oxidation sites excluding steroid dienone is 1. The predicted octanol–water partition coefficient (Wildman–Crippen LogP) is 2.92. The molecule has 2 aromatic rings. The van der Waals surface area contributed by atoms with E-state index in [1.165, 1.54) is 39.3 Å². The lowest BCUT2D eigenvalue weighted by Crippen LogP contribution is -2.59. The van der Waals surface area contributed by atoms with Crippen molar-refractivity contribution in [1.82, 2.24) is 30.1 Å². The normalized spacial score (nSPS) is 24.7. The molecule has 58 heavy (non-hydrogen) atoms. The molecular weight excluding hydrogens is 773 g/mol. The van der Waals surface area contributed by atoms with Gasteiger partial charge in [-0.15, -0.1) is 0 Å². The Morgan fingerprint density at radius 2 is 1.83 bits per heavy atom. The molecule has 18 heteroatoms. The van der Waals surface area contributed by atoms with Crippen molar-refractivity contribution < 1.29 is 51.3 Å². The average Bonchev–Trinajstić information content (AvgIpc) is 3.70. The van der Waals surface area contributed by atoms with E-state index in [2.05, 4.69) is 20.9 Å². The number of nitrogens with zero attached hydrogens (tertiary/aromatic N) is 3. The molecule has 0 radical (unpaired) electrons. The van der Waals surface area contributed by atoms with E-state index >= 15 is 0 Å². The number of ether oxygens (including phenoxy) is 4. The van der Waals surface area contributed by atoms with E-state index in [-0.39, 0.29) is 43.3 Å². The molecule has 1 aliphatic carbocycles. The van der Waals surface area contributed by atoms with E-state index in [1.807, 2.05) is 32.9 Å². The van der Waals surface area contributed by atoms with Crippen LogP contribution in [0.5, 0.6) is 11.5 Å². The van der Waals surface area contributed by atoms with Gasteiger partial charge in [0.1, 0.15) is 35.2 Å². The second-order valence-corrected chi connectivity index (χ2v) is 18.4. The Hall–Kier alpha value is -4.97. The fourth-order valence-corrected chi connectivity index (χ4v) is 7.81. The van der Waals surface area contributed by atoms with Gasteiger partial charge in [0.2, 0.25) is 21.8 Å². The largest absolute Gasteiger partial charge is 0.497 e. The molecule has 1 saturated heterocycles.